The summed E-state index contributed by atoms with van der Waals surface area (Å²) in [5, 5.41) is 19.6. The summed E-state index contributed by atoms with van der Waals surface area (Å²) in [5.41, 5.74) is 2.95. The Morgan fingerprint density at radius 3 is 2.74 bits per heavy atom. The molecule has 0 amide bonds. The van der Waals surface area contributed by atoms with Crippen LogP contribution in [0.4, 0.5) is 0 Å². The van der Waals surface area contributed by atoms with Crippen molar-refractivity contribution in [2.24, 2.45) is 0 Å². The van der Waals surface area contributed by atoms with Gasteiger partial charge >= 0.3 is 0 Å². The van der Waals surface area contributed by atoms with Gasteiger partial charge in [0.15, 0.2) is 0 Å². The monoisotopic (exact) mass is 256 g/mol. The predicted octanol–water partition coefficient (Wildman–Crippen LogP) is 3.72. The molecule has 0 radical (unpaired) electrons. The Bertz CT molecular complexity index is 651. The highest BCUT2D eigenvalue weighted by Gasteiger charge is 2.11. The lowest BCUT2D eigenvalue weighted by Crippen LogP contribution is -2.11. The highest BCUT2D eigenvalue weighted by molar-refractivity contribution is 5.95. The maximum Gasteiger partial charge on any atom is 0.0764 e. The van der Waals surface area contributed by atoms with E-state index >= 15 is 0 Å². The predicted molar refractivity (Wildman–Crippen MR) is 75.6 cm³/mol. The van der Waals surface area contributed by atoms with Gasteiger partial charge < -0.3 is 4.98 Å². The minimum Gasteiger partial charge on any atom is -0.361 e. The van der Waals surface area contributed by atoms with E-state index < -0.39 is 0 Å². The van der Waals surface area contributed by atoms with Gasteiger partial charge in [0.2, 0.25) is 0 Å². The molecule has 2 aromatic rings. The molecule has 0 aliphatic carbocycles. The second-order valence-corrected chi connectivity index (χ2v) is 4.13. The van der Waals surface area contributed by atoms with Gasteiger partial charge in [0.25, 0.3) is 0 Å². The van der Waals surface area contributed by atoms with Crippen LogP contribution in [0.15, 0.2) is 61.0 Å². The first-order chi connectivity index (χ1) is 9.15. The Morgan fingerprint density at radius 2 is 2.05 bits per heavy atom. The summed E-state index contributed by atoms with van der Waals surface area (Å²) in [6, 6.07) is 7.84. The number of hydrogen-bond donors (Lipinski definition) is 3. The van der Waals surface area contributed by atoms with Gasteiger partial charge in [-0.1, -0.05) is 43.0 Å². The number of nitrogens with zero attached hydrogens (tertiary/aromatic N) is 1. The van der Waals surface area contributed by atoms with Gasteiger partial charge in [0, 0.05) is 28.2 Å². The first-order valence-electron chi connectivity index (χ1n) is 5.89. The van der Waals surface area contributed by atoms with E-state index in [-0.39, 0.29) is 5.23 Å². The van der Waals surface area contributed by atoms with Gasteiger partial charge in [-0.05, 0) is 13.0 Å². The third kappa shape index (κ3) is 2.59. The molecule has 1 heterocycles. The van der Waals surface area contributed by atoms with Crippen molar-refractivity contribution in [3.63, 3.8) is 0 Å². The quantitative estimate of drug-likeness (QED) is 0.577. The second kappa shape index (κ2) is 5.56. The fourth-order valence-electron chi connectivity index (χ4n) is 1.97. The maximum absolute atomic E-state index is 9.22. The number of allylic oxidation sites excluding steroid dienone is 5. The van der Waals surface area contributed by atoms with Crippen LogP contribution in [-0.4, -0.2) is 20.6 Å². The molecular weight excluding hydrogens is 240 g/mol. The fourth-order valence-corrected chi connectivity index (χ4v) is 1.97. The minimum absolute atomic E-state index is 0.129. The van der Waals surface area contributed by atoms with Crippen molar-refractivity contribution in [2.75, 3.05) is 0 Å². The normalized spacial score (nSPS) is 12.8. The average Bonchev–Trinajstić information content (AvgIpc) is 2.83. The summed E-state index contributed by atoms with van der Waals surface area (Å²) in [4.78, 5) is 3.16. The smallest absolute Gasteiger partial charge is 0.0764 e. The van der Waals surface area contributed by atoms with E-state index in [9.17, 15) is 10.4 Å². The third-order valence-corrected chi connectivity index (χ3v) is 2.97. The van der Waals surface area contributed by atoms with Crippen molar-refractivity contribution in [3.8, 4) is 0 Å². The number of hydroxylamine groups is 2. The molecule has 0 saturated carbocycles. The Balaban J connectivity index is 2.65. The number of H-pyrrole nitrogens is 1. The lowest BCUT2D eigenvalue weighted by atomic mass is 10.0. The Kier molecular flexibility index (Phi) is 3.85. The van der Waals surface area contributed by atoms with Crippen LogP contribution in [0.2, 0.25) is 0 Å². The zero-order valence-electron chi connectivity index (χ0n) is 10.7. The molecule has 4 heteroatoms. The van der Waals surface area contributed by atoms with Crippen LogP contribution in [0.1, 0.15) is 12.5 Å². The summed E-state index contributed by atoms with van der Waals surface area (Å²) in [5.74, 6) is 0. The van der Waals surface area contributed by atoms with E-state index in [2.05, 4.69) is 11.6 Å². The summed E-state index contributed by atoms with van der Waals surface area (Å²) in [6.45, 7) is 5.25. The van der Waals surface area contributed by atoms with E-state index in [1.54, 1.807) is 25.2 Å². The summed E-state index contributed by atoms with van der Waals surface area (Å²) in [7, 11) is 0. The molecule has 0 aliphatic rings. The van der Waals surface area contributed by atoms with E-state index in [4.69, 9.17) is 0 Å². The van der Waals surface area contributed by atoms with Gasteiger partial charge in [0.1, 0.15) is 0 Å². The minimum atomic E-state index is 0.129. The number of nitrogens with one attached hydrogen (secondary N) is 1. The zero-order chi connectivity index (χ0) is 13.8. The number of aromatic nitrogens is 1. The first-order valence-corrected chi connectivity index (χ1v) is 5.89. The van der Waals surface area contributed by atoms with Crippen molar-refractivity contribution in [3.05, 3.63) is 66.5 Å². The van der Waals surface area contributed by atoms with Crippen LogP contribution in [0, 0.1) is 0 Å². The van der Waals surface area contributed by atoms with E-state index in [0.29, 0.717) is 11.3 Å². The largest absolute Gasteiger partial charge is 0.361 e. The molecule has 98 valence electrons. The molecule has 3 N–H and O–H groups in total. The average molecular weight is 256 g/mol. The standard InChI is InChI=1S/C15H16N2O2/c1-3-4-7-12(11(2)17(18)19)14-10-16-15-9-6-5-8-13(14)15/h3-10,16,18-19H,1H2,2H3/b7-4-,12-11-. The number of fused-ring (bicyclic) bond motifs is 1. The molecule has 0 fully saturated rings. The van der Waals surface area contributed by atoms with E-state index in [0.717, 1.165) is 16.5 Å². The molecule has 19 heavy (non-hydrogen) atoms. The van der Waals surface area contributed by atoms with Crippen molar-refractivity contribution >= 4 is 16.5 Å². The van der Waals surface area contributed by atoms with Crippen LogP contribution < -0.4 is 0 Å². The molecular formula is C15H16N2O2. The second-order valence-electron chi connectivity index (χ2n) is 4.13. The number of rotatable bonds is 4. The molecule has 0 atom stereocenters. The fraction of sp³-hybridized carbons (Fsp3) is 0.0667. The topological polar surface area (TPSA) is 59.5 Å². The van der Waals surface area contributed by atoms with Crippen molar-refractivity contribution in [1.82, 2.24) is 10.2 Å². The lowest BCUT2D eigenvalue weighted by Gasteiger charge is -2.12. The summed E-state index contributed by atoms with van der Waals surface area (Å²) >= 11 is 0. The summed E-state index contributed by atoms with van der Waals surface area (Å²) < 4.78 is 0. The molecule has 4 nitrogen and oxygen atoms in total. The van der Waals surface area contributed by atoms with Crippen molar-refractivity contribution in [2.45, 2.75) is 6.92 Å². The van der Waals surface area contributed by atoms with Crippen LogP contribution in [0.25, 0.3) is 16.5 Å². The van der Waals surface area contributed by atoms with Crippen LogP contribution in [0.5, 0.6) is 0 Å². The Morgan fingerprint density at radius 1 is 1.32 bits per heavy atom. The molecule has 2 rings (SSSR count). The van der Waals surface area contributed by atoms with E-state index in [1.807, 2.05) is 30.5 Å². The first kappa shape index (κ1) is 13.1. The van der Waals surface area contributed by atoms with Crippen LogP contribution in [0.3, 0.4) is 0 Å². The van der Waals surface area contributed by atoms with Gasteiger partial charge in [-0.25, -0.2) is 0 Å². The van der Waals surface area contributed by atoms with Gasteiger partial charge in [-0.15, -0.1) is 5.23 Å². The molecule has 1 aromatic carbocycles. The number of aromatic amines is 1. The Labute approximate surface area is 111 Å². The summed E-state index contributed by atoms with van der Waals surface area (Å²) in [6.07, 6.45) is 7.03. The van der Waals surface area contributed by atoms with Gasteiger partial charge in [-0.3, -0.25) is 10.4 Å². The van der Waals surface area contributed by atoms with Crippen molar-refractivity contribution in [1.29, 1.82) is 0 Å². The number of para-hydroxylation sites is 1. The number of hydrogen-bond acceptors (Lipinski definition) is 3. The van der Waals surface area contributed by atoms with E-state index in [1.165, 1.54) is 0 Å². The van der Waals surface area contributed by atoms with Gasteiger partial charge in [0.05, 0.1) is 5.70 Å². The molecule has 0 aliphatic heterocycles. The van der Waals surface area contributed by atoms with Gasteiger partial charge in [-0.2, -0.15) is 0 Å². The molecule has 0 bridgehead atoms. The lowest BCUT2D eigenvalue weighted by molar-refractivity contribution is -0.277. The van der Waals surface area contributed by atoms with Crippen LogP contribution >= 0.6 is 0 Å². The number of benzene rings is 1. The highest BCUT2D eigenvalue weighted by Crippen LogP contribution is 2.28. The van der Waals surface area contributed by atoms with Crippen molar-refractivity contribution < 1.29 is 10.4 Å². The maximum atomic E-state index is 9.22. The Hall–Kier alpha value is -2.30. The molecule has 1 aromatic heterocycles. The zero-order valence-corrected chi connectivity index (χ0v) is 10.7. The molecule has 0 unspecified atom stereocenters. The molecule has 0 spiro atoms. The third-order valence-electron chi connectivity index (χ3n) is 2.97. The molecule has 0 saturated heterocycles. The van der Waals surface area contributed by atoms with Crippen LogP contribution in [-0.2, 0) is 0 Å². The highest BCUT2D eigenvalue weighted by atomic mass is 16.8. The SMILES string of the molecule is C=C/C=C\C(=C(/C)N(O)O)c1c[nH]c2ccccc12.